The average molecular weight is 292 g/mol. The zero-order chi connectivity index (χ0) is 15.9. The van der Waals surface area contributed by atoms with Gasteiger partial charge < -0.3 is 21.6 Å². The van der Waals surface area contributed by atoms with E-state index in [4.69, 9.17) is 10.9 Å². The van der Waals surface area contributed by atoms with Gasteiger partial charge in [0.05, 0.1) is 0 Å². The Balaban J connectivity index is 2.45. The monoisotopic (exact) mass is 292 g/mol. The van der Waals surface area contributed by atoms with Crippen molar-refractivity contribution >= 4 is 11.7 Å². The van der Waals surface area contributed by atoms with Crippen LogP contribution in [0.2, 0.25) is 0 Å². The molecular formula is C15H24N4O2. The molecule has 0 aromatic heterocycles. The van der Waals surface area contributed by atoms with Crippen LogP contribution in [0.1, 0.15) is 38.3 Å². The Hall–Kier alpha value is -2.08. The van der Waals surface area contributed by atoms with E-state index < -0.39 is 0 Å². The Morgan fingerprint density at radius 1 is 1.33 bits per heavy atom. The van der Waals surface area contributed by atoms with Crippen molar-refractivity contribution in [3.63, 3.8) is 0 Å². The van der Waals surface area contributed by atoms with E-state index >= 15 is 0 Å². The molecule has 1 rings (SSSR count). The molecule has 0 radical (unpaired) electrons. The molecule has 0 heterocycles. The Bertz CT molecular complexity index is 507. The Morgan fingerprint density at radius 3 is 2.62 bits per heavy atom. The molecule has 0 unspecified atom stereocenters. The smallest absolute Gasteiger partial charge is 0.221 e. The first kappa shape index (κ1) is 17.0. The maximum Gasteiger partial charge on any atom is 0.221 e. The Kier molecular flexibility index (Phi) is 6.17. The number of amidine groups is 1. The minimum absolute atomic E-state index is 0.0136. The van der Waals surface area contributed by atoms with E-state index in [0.717, 1.165) is 5.56 Å². The van der Waals surface area contributed by atoms with Crippen LogP contribution in [0.25, 0.3) is 0 Å². The van der Waals surface area contributed by atoms with Crippen LogP contribution >= 0.6 is 0 Å². The van der Waals surface area contributed by atoms with Crippen molar-refractivity contribution in [1.29, 1.82) is 0 Å². The highest BCUT2D eigenvalue weighted by molar-refractivity contribution is 5.98. The first-order valence-electron chi connectivity index (χ1n) is 6.91. The van der Waals surface area contributed by atoms with Gasteiger partial charge in [-0.2, -0.15) is 0 Å². The zero-order valence-corrected chi connectivity index (χ0v) is 12.8. The van der Waals surface area contributed by atoms with E-state index in [1.54, 1.807) is 6.07 Å². The molecule has 0 saturated heterocycles. The van der Waals surface area contributed by atoms with Crippen molar-refractivity contribution < 1.29 is 10.0 Å². The number of carbonyl (C=O) groups excluding carboxylic acids is 1. The van der Waals surface area contributed by atoms with Crippen molar-refractivity contribution in [2.24, 2.45) is 10.9 Å². The standard InChI is InChI=1S/C15H24N4O2/c1-15(2,3)18-13(20)8-9-17-10-11-6-4-5-7-12(11)14(16)19-21/h4-7,17,21H,8-10H2,1-3H3,(H2,16,19)(H,18,20). The molecular weight excluding hydrogens is 268 g/mol. The van der Waals surface area contributed by atoms with E-state index in [1.807, 2.05) is 39.0 Å². The van der Waals surface area contributed by atoms with Gasteiger partial charge in [0.25, 0.3) is 0 Å². The largest absolute Gasteiger partial charge is 0.409 e. The Labute approximate surface area is 125 Å². The molecule has 1 amide bonds. The normalized spacial score (nSPS) is 12.2. The highest BCUT2D eigenvalue weighted by atomic mass is 16.4. The Morgan fingerprint density at radius 2 is 2.00 bits per heavy atom. The van der Waals surface area contributed by atoms with Gasteiger partial charge in [-0.25, -0.2) is 0 Å². The van der Waals surface area contributed by atoms with Crippen LogP contribution < -0.4 is 16.4 Å². The molecule has 1 aromatic rings. The van der Waals surface area contributed by atoms with Gasteiger partial charge in [0.2, 0.25) is 5.91 Å². The van der Waals surface area contributed by atoms with Crippen LogP contribution in [-0.2, 0) is 11.3 Å². The van der Waals surface area contributed by atoms with E-state index in [2.05, 4.69) is 15.8 Å². The number of oxime groups is 1. The van der Waals surface area contributed by atoms with Crippen molar-refractivity contribution in [1.82, 2.24) is 10.6 Å². The fourth-order valence-corrected chi connectivity index (χ4v) is 1.88. The first-order valence-corrected chi connectivity index (χ1v) is 6.91. The van der Waals surface area contributed by atoms with Crippen molar-refractivity contribution in [3.05, 3.63) is 35.4 Å². The van der Waals surface area contributed by atoms with Crippen LogP contribution in [0, 0.1) is 0 Å². The summed E-state index contributed by atoms with van der Waals surface area (Å²) in [5, 5.41) is 17.9. The summed E-state index contributed by atoms with van der Waals surface area (Å²) < 4.78 is 0. The van der Waals surface area contributed by atoms with Gasteiger partial charge in [-0.15, -0.1) is 0 Å². The summed E-state index contributed by atoms with van der Waals surface area (Å²) in [5.74, 6) is 0.0950. The van der Waals surface area contributed by atoms with Crippen LogP contribution in [0.3, 0.4) is 0 Å². The van der Waals surface area contributed by atoms with E-state index in [9.17, 15) is 4.79 Å². The number of benzene rings is 1. The second-order valence-electron chi connectivity index (χ2n) is 5.87. The van der Waals surface area contributed by atoms with Crippen LogP contribution in [-0.4, -0.2) is 29.0 Å². The van der Waals surface area contributed by atoms with Crippen molar-refractivity contribution in [2.45, 2.75) is 39.3 Å². The molecule has 0 spiro atoms. The predicted octanol–water partition coefficient (Wildman–Crippen LogP) is 1.18. The molecule has 0 fully saturated rings. The molecule has 6 heteroatoms. The average Bonchev–Trinajstić information content (AvgIpc) is 2.41. The molecule has 0 aliphatic heterocycles. The van der Waals surface area contributed by atoms with Crippen LogP contribution in [0.4, 0.5) is 0 Å². The van der Waals surface area contributed by atoms with Crippen LogP contribution in [0.5, 0.6) is 0 Å². The van der Waals surface area contributed by atoms with Crippen molar-refractivity contribution in [2.75, 3.05) is 6.54 Å². The quantitative estimate of drug-likeness (QED) is 0.208. The summed E-state index contributed by atoms with van der Waals surface area (Å²) in [4.78, 5) is 11.7. The third kappa shape index (κ3) is 6.27. The molecule has 0 atom stereocenters. The summed E-state index contributed by atoms with van der Waals surface area (Å²) in [7, 11) is 0. The highest BCUT2D eigenvalue weighted by Gasteiger charge is 2.13. The maximum atomic E-state index is 11.7. The third-order valence-electron chi connectivity index (χ3n) is 2.76. The number of carbonyl (C=O) groups is 1. The molecule has 5 N–H and O–H groups in total. The lowest BCUT2D eigenvalue weighted by Gasteiger charge is -2.20. The van der Waals surface area contributed by atoms with E-state index in [1.165, 1.54) is 0 Å². The molecule has 0 aliphatic rings. The summed E-state index contributed by atoms with van der Waals surface area (Å²) in [6.45, 7) is 6.96. The predicted molar refractivity (Wildman–Crippen MR) is 83.2 cm³/mol. The second-order valence-corrected chi connectivity index (χ2v) is 5.87. The molecule has 21 heavy (non-hydrogen) atoms. The fraction of sp³-hybridized carbons (Fsp3) is 0.467. The fourth-order valence-electron chi connectivity index (χ4n) is 1.88. The number of rotatable bonds is 6. The van der Waals surface area contributed by atoms with E-state index in [-0.39, 0.29) is 17.3 Å². The first-order chi connectivity index (χ1) is 9.83. The lowest BCUT2D eigenvalue weighted by atomic mass is 10.1. The summed E-state index contributed by atoms with van der Waals surface area (Å²) in [5.41, 5.74) is 7.02. The van der Waals surface area contributed by atoms with Crippen LogP contribution in [0.15, 0.2) is 29.4 Å². The van der Waals surface area contributed by atoms with Gasteiger partial charge in [0, 0.05) is 30.6 Å². The number of nitrogens with one attached hydrogen (secondary N) is 2. The molecule has 0 bridgehead atoms. The van der Waals surface area contributed by atoms with Gasteiger partial charge in [-0.1, -0.05) is 29.4 Å². The van der Waals surface area contributed by atoms with E-state index in [0.29, 0.717) is 25.1 Å². The number of nitrogens with zero attached hydrogens (tertiary/aromatic N) is 1. The van der Waals surface area contributed by atoms with Gasteiger partial charge in [-0.3, -0.25) is 4.79 Å². The summed E-state index contributed by atoms with van der Waals surface area (Å²) in [6.07, 6.45) is 0.406. The number of hydrogen-bond donors (Lipinski definition) is 4. The number of amides is 1. The maximum absolute atomic E-state index is 11.7. The topological polar surface area (TPSA) is 99.7 Å². The van der Waals surface area contributed by atoms with Gasteiger partial charge in [0.15, 0.2) is 5.84 Å². The lowest BCUT2D eigenvalue weighted by molar-refractivity contribution is -0.122. The van der Waals surface area contributed by atoms with Gasteiger partial charge in [0.1, 0.15) is 0 Å². The molecule has 6 nitrogen and oxygen atoms in total. The molecule has 0 aliphatic carbocycles. The zero-order valence-electron chi connectivity index (χ0n) is 12.8. The minimum Gasteiger partial charge on any atom is -0.409 e. The molecule has 116 valence electrons. The number of nitrogens with two attached hydrogens (primary N) is 1. The van der Waals surface area contributed by atoms with Gasteiger partial charge >= 0.3 is 0 Å². The lowest BCUT2D eigenvalue weighted by Crippen LogP contribution is -2.41. The van der Waals surface area contributed by atoms with Gasteiger partial charge in [-0.05, 0) is 26.3 Å². The minimum atomic E-state index is -0.213. The molecule has 0 saturated carbocycles. The number of hydrogen-bond acceptors (Lipinski definition) is 4. The highest BCUT2D eigenvalue weighted by Crippen LogP contribution is 2.08. The SMILES string of the molecule is CC(C)(C)NC(=O)CCNCc1ccccc1/C(N)=N/O. The van der Waals surface area contributed by atoms with Crippen molar-refractivity contribution in [3.8, 4) is 0 Å². The third-order valence-corrected chi connectivity index (χ3v) is 2.76. The molecule has 1 aromatic carbocycles. The second kappa shape index (κ2) is 7.64. The summed E-state index contributed by atoms with van der Waals surface area (Å²) >= 11 is 0. The summed E-state index contributed by atoms with van der Waals surface area (Å²) in [6, 6.07) is 7.40.